The number of imidazole rings is 1. The second-order valence-electron chi connectivity index (χ2n) is 4.42. The maximum absolute atomic E-state index is 4.52. The van der Waals surface area contributed by atoms with E-state index < -0.39 is 0 Å². The van der Waals surface area contributed by atoms with Crippen LogP contribution in [0.4, 0.5) is 0 Å². The standard InChI is InChI=1S/C15H20BrN3S/c1-3-17-13(15-18-9-10-19(15)4-2)11-20-14-8-6-5-7-12(14)16/h5-10,13,17H,3-4,11H2,1-2H3. The Hall–Kier alpha value is -0.780. The summed E-state index contributed by atoms with van der Waals surface area (Å²) in [6, 6.07) is 8.61. The van der Waals surface area contributed by atoms with Gasteiger partial charge in [0.2, 0.25) is 0 Å². The fraction of sp³-hybridized carbons (Fsp3) is 0.400. The fourth-order valence-corrected chi connectivity index (χ4v) is 3.73. The lowest BCUT2D eigenvalue weighted by atomic mass is 10.3. The van der Waals surface area contributed by atoms with Gasteiger partial charge in [-0.25, -0.2) is 4.98 Å². The number of hydrogen-bond donors (Lipinski definition) is 1. The number of hydrogen-bond acceptors (Lipinski definition) is 3. The summed E-state index contributed by atoms with van der Waals surface area (Å²) >= 11 is 5.45. The van der Waals surface area contributed by atoms with E-state index in [0.717, 1.165) is 29.1 Å². The van der Waals surface area contributed by atoms with Crippen LogP contribution in [0.25, 0.3) is 0 Å². The van der Waals surface area contributed by atoms with Gasteiger partial charge in [-0.3, -0.25) is 0 Å². The minimum absolute atomic E-state index is 0.270. The van der Waals surface area contributed by atoms with Crippen LogP contribution in [0.1, 0.15) is 25.7 Å². The number of halogens is 1. The minimum atomic E-state index is 0.270. The predicted molar refractivity (Wildman–Crippen MR) is 89.2 cm³/mol. The third kappa shape index (κ3) is 3.87. The highest BCUT2D eigenvalue weighted by Gasteiger charge is 2.16. The van der Waals surface area contributed by atoms with E-state index in [1.165, 1.54) is 4.90 Å². The molecule has 0 saturated carbocycles. The summed E-state index contributed by atoms with van der Waals surface area (Å²) in [6.07, 6.45) is 3.93. The Morgan fingerprint density at radius 2 is 2.15 bits per heavy atom. The number of aryl methyl sites for hydroxylation is 1. The van der Waals surface area contributed by atoms with E-state index in [4.69, 9.17) is 0 Å². The van der Waals surface area contributed by atoms with Gasteiger partial charge in [0, 0.05) is 34.1 Å². The van der Waals surface area contributed by atoms with E-state index in [1.807, 2.05) is 30.2 Å². The molecule has 1 N–H and O–H groups in total. The first-order chi connectivity index (χ1) is 9.76. The van der Waals surface area contributed by atoms with Gasteiger partial charge in [0.25, 0.3) is 0 Å². The molecule has 2 aromatic rings. The second kappa shape index (κ2) is 7.86. The summed E-state index contributed by atoms with van der Waals surface area (Å²) in [5.74, 6) is 2.09. The van der Waals surface area contributed by atoms with E-state index in [-0.39, 0.29) is 6.04 Å². The average Bonchev–Trinajstić information content (AvgIpc) is 2.93. The minimum Gasteiger partial charge on any atom is -0.334 e. The maximum atomic E-state index is 4.52. The van der Waals surface area contributed by atoms with E-state index in [9.17, 15) is 0 Å². The number of nitrogens with zero attached hydrogens (tertiary/aromatic N) is 2. The Labute approximate surface area is 133 Å². The first-order valence-corrected chi connectivity index (χ1v) is 8.65. The average molecular weight is 354 g/mol. The molecule has 20 heavy (non-hydrogen) atoms. The molecule has 1 aromatic carbocycles. The van der Waals surface area contributed by atoms with Crippen LogP contribution >= 0.6 is 27.7 Å². The molecule has 0 fully saturated rings. The van der Waals surface area contributed by atoms with Crippen LogP contribution in [-0.4, -0.2) is 21.8 Å². The summed E-state index contributed by atoms with van der Waals surface area (Å²) in [4.78, 5) is 5.78. The smallest absolute Gasteiger partial charge is 0.126 e. The Morgan fingerprint density at radius 3 is 2.85 bits per heavy atom. The van der Waals surface area contributed by atoms with Crippen LogP contribution in [0.15, 0.2) is 46.0 Å². The third-order valence-corrected chi connectivity index (χ3v) is 5.21. The Balaban J connectivity index is 2.08. The lowest BCUT2D eigenvalue weighted by Gasteiger charge is -2.18. The lowest BCUT2D eigenvalue weighted by Crippen LogP contribution is -2.26. The zero-order chi connectivity index (χ0) is 14.4. The molecule has 108 valence electrons. The van der Waals surface area contributed by atoms with E-state index in [0.29, 0.717) is 0 Å². The molecule has 0 radical (unpaired) electrons. The van der Waals surface area contributed by atoms with Crippen molar-refractivity contribution in [2.75, 3.05) is 12.3 Å². The van der Waals surface area contributed by atoms with Crippen molar-refractivity contribution in [1.29, 1.82) is 0 Å². The SMILES string of the molecule is CCNC(CSc1ccccc1Br)c1nccn1CC. The van der Waals surface area contributed by atoms with Gasteiger partial charge in [-0.2, -0.15) is 0 Å². The molecule has 1 heterocycles. The predicted octanol–water partition coefficient (Wildman–Crippen LogP) is 4.11. The molecular weight excluding hydrogens is 334 g/mol. The molecule has 0 bridgehead atoms. The summed E-state index contributed by atoms with van der Waals surface area (Å²) in [5, 5.41) is 3.53. The number of aromatic nitrogens is 2. The molecule has 0 amide bonds. The van der Waals surface area contributed by atoms with Gasteiger partial charge in [-0.05, 0) is 41.5 Å². The zero-order valence-corrected chi connectivity index (χ0v) is 14.2. The molecule has 5 heteroatoms. The van der Waals surface area contributed by atoms with Crippen molar-refractivity contribution in [3.63, 3.8) is 0 Å². The van der Waals surface area contributed by atoms with Gasteiger partial charge in [0.1, 0.15) is 5.82 Å². The van der Waals surface area contributed by atoms with Crippen molar-refractivity contribution in [2.24, 2.45) is 0 Å². The van der Waals surface area contributed by atoms with Crippen LogP contribution < -0.4 is 5.32 Å². The van der Waals surface area contributed by atoms with E-state index in [2.05, 4.69) is 62.8 Å². The zero-order valence-electron chi connectivity index (χ0n) is 11.8. The molecule has 3 nitrogen and oxygen atoms in total. The van der Waals surface area contributed by atoms with E-state index >= 15 is 0 Å². The van der Waals surface area contributed by atoms with Crippen molar-refractivity contribution in [2.45, 2.75) is 31.3 Å². The summed E-state index contributed by atoms with van der Waals surface area (Å²) in [5.41, 5.74) is 0. The highest BCUT2D eigenvalue weighted by atomic mass is 79.9. The molecule has 0 aliphatic heterocycles. The van der Waals surface area contributed by atoms with Crippen molar-refractivity contribution in [3.05, 3.63) is 47.0 Å². The largest absolute Gasteiger partial charge is 0.334 e. The van der Waals surface area contributed by atoms with Gasteiger partial charge >= 0.3 is 0 Å². The number of rotatable bonds is 7. The number of nitrogens with one attached hydrogen (secondary N) is 1. The molecule has 0 aliphatic carbocycles. The molecular formula is C15H20BrN3S. The van der Waals surface area contributed by atoms with Crippen LogP contribution in [0.3, 0.4) is 0 Å². The van der Waals surface area contributed by atoms with Gasteiger partial charge in [0.15, 0.2) is 0 Å². The van der Waals surface area contributed by atoms with Crippen molar-refractivity contribution < 1.29 is 0 Å². The first kappa shape index (κ1) is 15.6. The van der Waals surface area contributed by atoms with Crippen molar-refractivity contribution >= 4 is 27.7 Å². The molecule has 1 atom stereocenters. The normalized spacial score (nSPS) is 12.6. The van der Waals surface area contributed by atoms with E-state index in [1.54, 1.807) is 0 Å². The molecule has 1 unspecified atom stereocenters. The van der Waals surface area contributed by atoms with Gasteiger partial charge in [0.05, 0.1) is 6.04 Å². The maximum Gasteiger partial charge on any atom is 0.126 e. The molecule has 2 rings (SSSR count). The summed E-state index contributed by atoms with van der Waals surface area (Å²) in [7, 11) is 0. The van der Waals surface area contributed by atoms with Crippen LogP contribution in [0.5, 0.6) is 0 Å². The topological polar surface area (TPSA) is 29.9 Å². The Kier molecular flexibility index (Phi) is 6.13. The highest BCUT2D eigenvalue weighted by molar-refractivity contribution is 9.10. The summed E-state index contributed by atoms with van der Waals surface area (Å²) < 4.78 is 3.35. The third-order valence-electron chi connectivity index (χ3n) is 3.09. The second-order valence-corrected chi connectivity index (χ2v) is 6.34. The molecule has 0 aliphatic rings. The lowest BCUT2D eigenvalue weighted by molar-refractivity contribution is 0.539. The monoisotopic (exact) mass is 353 g/mol. The van der Waals surface area contributed by atoms with Gasteiger partial charge < -0.3 is 9.88 Å². The summed E-state index contributed by atoms with van der Waals surface area (Å²) in [6.45, 7) is 6.18. The number of benzene rings is 1. The molecule has 0 spiro atoms. The van der Waals surface area contributed by atoms with Crippen LogP contribution in [0, 0.1) is 0 Å². The van der Waals surface area contributed by atoms with Gasteiger partial charge in [-0.15, -0.1) is 11.8 Å². The highest BCUT2D eigenvalue weighted by Crippen LogP contribution is 2.30. The first-order valence-electron chi connectivity index (χ1n) is 6.88. The number of thioether (sulfide) groups is 1. The van der Waals surface area contributed by atoms with Crippen LogP contribution in [0.2, 0.25) is 0 Å². The van der Waals surface area contributed by atoms with Gasteiger partial charge in [-0.1, -0.05) is 19.1 Å². The Bertz CT molecular complexity index is 541. The van der Waals surface area contributed by atoms with Crippen molar-refractivity contribution in [3.8, 4) is 0 Å². The molecule has 0 saturated heterocycles. The fourth-order valence-electron chi connectivity index (χ4n) is 2.10. The quantitative estimate of drug-likeness (QED) is 0.759. The molecule has 1 aromatic heterocycles. The Morgan fingerprint density at radius 1 is 1.35 bits per heavy atom. The van der Waals surface area contributed by atoms with Crippen LogP contribution in [-0.2, 0) is 6.54 Å². The van der Waals surface area contributed by atoms with Crippen molar-refractivity contribution in [1.82, 2.24) is 14.9 Å².